The van der Waals surface area contributed by atoms with Gasteiger partial charge in [-0.15, -0.1) is 0 Å². The van der Waals surface area contributed by atoms with Crippen LogP contribution in [0.5, 0.6) is 5.75 Å². The van der Waals surface area contributed by atoms with Crippen molar-refractivity contribution < 1.29 is 23.7 Å². The molecule has 1 unspecified atom stereocenters. The summed E-state index contributed by atoms with van der Waals surface area (Å²) in [6, 6.07) is 6.13. The van der Waals surface area contributed by atoms with Crippen LogP contribution in [0, 0.1) is 0 Å². The average Bonchev–Trinajstić information content (AvgIpc) is 2.79. The molecular formula is C23H42N4O5. The minimum Gasteiger partial charge on any atom is -0.489 e. The first kappa shape index (κ1) is 26.8. The van der Waals surface area contributed by atoms with Gasteiger partial charge in [0.25, 0.3) is 0 Å². The highest BCUT2D eigenvalue weighted by Gasteiger charge is 2.15. The summed E-state index contributed by atoms with van der Waals surface area (Å²) in [7, 11) is 1.67. The summed E-state index contributed by atoms with van der Waals surface area (Å²) >= 11 is 0. The summed E-state index contributed by atoms with van der Waals surface area (Å²) in [4.78, 5) is 2.29. The summed E-state index contributed by atoms with van der Waals surface area (Å²) in [6.07, 6.45) is 0. The average molecular weight is 455 g/mol. The van der Waals surface area contributed by atoms with Crippen molar-refractivity contribution in [2.75, 3.05) is 104 Å². The Bertz CT molecular complexity index is 588. The molecule has 4 N–H and O–H groups in total. The number of hydrogen-bond donors (Lipinski definition) is 3. The highest BCUT2D eigenvalue weighted by molar-refractivity contribution is 5.60. The molecule has 1 heterocycles. The zero-order valence-electron chi connectivity index (χ0n) is 19.8. The molecule has 9 heteroatoms. The number of methoxy groups -OCH3 is 1. The molecule has 1 fully saturated rings. The van der Waals surface area contributed by atoms with Crippen molar-refractivity contribution >= 4 is 5.69 Å². The fourth-order valence-electron chi connectivity index (χ4n) is 3.27. The van der Waals surface area contributed by atoms with Crippen LogP contribution in [0.15, 0.2) is 18.2 Å². The summed E-state index contributed by atoms with van der Waals surface area (Å²) in [5.74, 6) is 0.818. The molecule has 1 aromatic rings. The van der Waals surface area contributed by atoms with Gasteiger partial charge in [-0.3, -0.25) is 0 Å². The van der Waals surface area contributed by atoms with E-state index in [1.165, 1.54) is 0 Å². The number of ether oxygens (including phenoxy) is 5. The molecule has 1 saturated heterocycles. The van der Waals surface area contributed by atoms with Crippen molar-refractivity contribution in [1.29, 1.82) is 0 Å². The maximum absolute atomic E-state index is 6.10. The molecule has 2 rings (SSSR count). The van der Waals surface area contributed by atoms with Gasteiger partial charge < -0.3 is 45.0 Å². The maximum atomic E-state index is 6.10. The van der Waals surface area contributed by atoms with E-state index in [0.29, 0.717) is 52.9 Å². The number of hydrogen-bond acceptors (Lipinski definition) is 9. The van der Waals surface area contributed by atoms with Crippen LogP contribution >= 0.6 is 0 Å². The summed E-state index contributed by atoms with van der Waals surface area (Å²) in [5, 5.41) is 6.76. The Labute approximate surface area is 192 Å². The lowest BCUT2D eigenvalue weighted by atomic mass is 10.1. The molecule has 0 bridgehead atoms. The molecule has 0 amide bonds. The summed E-state index contributed by atoms with van der Waals surface area (Å²) in [6.45, 7) is 11.7. The van der Waals surface area contributed by atoms with Crippen LogP contribution in [0.4, 0.5) is 5.69 Å². The third kappa shape index (κ3) is 10.9. The molecule has 1 aromatic carbocycles. The van der Waals surface area contributed by atoms with Gasteiger partial charge in [-0.05, 0) is 24.6 Å². The van der Waals surface area contributed by atoms with Gasteiger partial charge in [0.05, 0.1) is 51.9 Å². The largest absolute Gasteiger partial charge is 0.489 e. The van der Waals surface area contributed by atoms with Gasteiger partial charge in [0, 0.05) is 52.4 Å². The highest BCUT2D eigenvalue weighted by atomic mass is 16.5. The van der Waals surface area contributed by atoms with E-state index in [1.807, 2.05) is 13.0 Å². The zero-order chi connectivity index (χ0) is 22.9. The second kappa shape index (κ2) is 17.1. The molecule has 1 aliphatic rings. The van der Waals surface area contributed by atoms with Gasteiger partial charge in [0.1, 0.15) is 12.4 Å². The van der Waals surface area contributed by atoms with Crippen molar-refractivity contribution in [2.45, 2.75) is 13.0 Å². The van der Waals surface area contributed by atoms with Gasteiger partial charge in [0.15, 0.2) is 0 Å². The Morgan fingerprint density at radius 3 is 2.25 bits per heavy atom. The molecule has 0 spiro atoms. The Balaban J connectivity index is 2.03. The summed E-state index contributed by atoms with van der Waals surface area (Å²) in [5.41, 5.74) is 8.18. The zero-order valence-corrected chi connectivity index (χ0v) is 19.8. The number of rotatable bonds is 6. The second-order valence-electron chi connectivity index (χ2n) is 7.68. The van der Waals surface area contributed by atoms with E-state index in [2.05, 4.69) is 27.7 Å². The van der Waals surface area contributed by atoms with E-state index in [4.69, 9.17) is 29.4 Å². The van der Waals surface area contributed by atoms with Crippen molar-refractivity contribution in [1.82, 2.24) is 10.6 Å². The number of anilines is 1. The van der Waals surface area contributed by atoms with Crippen LogP contribution in [-0.2, 0) is 18.9 Å². The van der Waals surface area contributed by atoms with Crippen molar-refractivity contribution in [3.63, 3.8) is 0 Å². The lowest BCUT2D eigenvalue weighted by Crippen LogP contribution is -2.36. The van der Waals surface area contributed by atoms with Crippen LogP contribution in [-0.4, -0.2) is 99.2 Å². The minimum absolute atomic E-state index is 0.0608. The summed E-state index contributed by atoms with van der Waals surface area (Å²) < 4.78 is 28.3. The number of nitrogens with one attached hydrogen (secondary N) is 2. The predicted octanol–water partition coefficient (Wildman–Crippen LogP) is 0.781. The Hall–Kier alpha value is -1.46. The van der Waals surface area contributed by atoms with E-state index in [0.717, 1.165) is 56.3 Å². The van der Waals surface area contributed by atoms with E-state index >= 15 is 0 Å². The van der Waals surface area contributed by atoms with Gasteiger partial charge in [-0.1, -0.05) is 6.07 Å². The van der Waals surface area contributed by atoms with Gasteiger partial charge in [-0.2, -0.15) is 0 Å². The number of nitrogens with two attached hydrogens (primary N) is 1. The molecule has 32 heavy (non-hydrogen) atoms. The lowest BCUT2D eigenvalue weighted by Gasteiger charge is -2.28. The van der Waals surface area contributed by atoms with Crippen molar-refractivity contribution in [2.24, 2.45) is 5.73 Å². The van der Waals surface area contributed by atoms with E-state index in [1.54, 1.807) is 7.11 Å². The fraction of sp³-hybridized carbons (Fsp3) is 0.739. The molecule has 1 aliphatic heterocycles. The third-order valence-electron chi connectivity index (χ3n) is 5.10. The standard InChI is InChI=1S/C23H42N4O5/c1-20(24)21-3-4-22(23(19-21)32-18-15-28-2)27-9-5-25-6-11-29-12-7-26-8-13-30-16-17-31-14-10-27/h3-4,19-20,25-26H,5-18,24H2,1-2H3. The molecule has 0 aliphatic carbocycles. The van der Waals surface area contributed by atoms with Gasteiger partial charge >= 0.3 is 0 Å². The Morgan fingerprint density at radius 1 is 0.906 bits per heavy atom. The minimum atomic E-state index is -0.0608. The molecule has 0 radical (unpaired) electrons. The van der Waals surface area contributed by atoms with Gasteiger partial charge in [-0.25, -0.2) is 0 Å². The molecule has 184 valence electrons. The van der Waals surface area contributed by atoms with Crippen LogP contribution in [0.25, 0.3) is 0 Å². The smallest absolute Gasteiger partial charge is 0.143 e. The quantitative estimate of drug-likeness (QED) is 0.539. The predicted molar refractivity (Wildman–Crippen MR) is 127 cm³/mol. The molecular weight excluding hydrogens is 412 g/mol. The fourth-order valence-corrected chi connectivity index (χ4v) is 3.27. The van der Waals surface area contributed by atoms with E-state index in [-0.39, 0.29) is 6.04 Å². The SMILES string of the molecule is COCCOc1cc(C(C)N)ccc1N1CCNCCOCCNCCOCCOCC1. The van der Waals surface area contributed by atoms with E-state index in [9.17, 15) is 0 Å². The van der Waals surface area contributed by atoms with Crippen LogP contribution in [0.1, 0.15) is 18.5 Å². The Morgan fingerprint density at radius 2 is 1.56 bits per heavy atom. The van der Waals surface area contributed by atoms with Crippen LogP contribution in [0.2, 0.25) is 0 Å². The van der Waals surface area contributed by atoms with Crippen molar-refractivity contribution in [3.8, 4) is 5.75 Å². The first-order chi connectivity index (χ1) is 15.7. The first-order valence-electron chi connectivity index (χ1n) is 11.6. The molecule has 0 aromatic heterocycles. The number of nitrogens with zero attached hydrogens (tertiary/aromatic N) is 1. The highest BCUT2D eigenvalue weighted by Crippen LogP contribution is 2.31. The molecule has 0 saturated carbocycles. The van der Waals surface area contributed by atoms with Crippen molar-refractivity contribution in [3.05, 3.63) is 23.8 Å². The van der Waals surface area contributed by atoms with Crippen LogP contribution in [0.3, 0.4) is 0 Å². The normalized spacial score (nSPS) is 19.7. The monoisotopic (exact) mass is 454 g/mol. The Kier molecular flexibility index (Phi) is 14.3. The molecule has 1 atom stereocenters. The van der Waals surface area contributed by atoms with Gasteiger partial charge in [0.2, 0.25) is 0 Å². The number of benzene rings is 1. The first-order valence-corrected chi connectivity index (χ1v) is 11.6. The van der Waals surface area contributed by atoms with E-state index < -0.39 is 0 Å². The van der Waals surface area contributed by atoms with Crippen LogP contribution < -0.4 is 26.0 Å². The molecule has 9 nitrogen and oxygen atoms in total. The third-order valence-corrected chi connectivity index (χ3v) is 5.10. The topological polar surface area (TPSA) is 99.5 Å². The lowest BCUT2D eigenvalue weighted by molar-refractivity contribution is 0.0504. The second-order valence-corrected chi connectivity index (χ2v) is 7.68. The maximum Gasteiger partial charge on any atom is 0.143 e.